The summed E-state index contributed by atoms with van der Waals surface area (Å²) in [7, 11) is 0. The summed E-state index contributed by atoms with van der Waals surface area (Å²) in [6.45, 7) is -0.00847. The van der Waals surface area contributed by atoms with Gasteiger partial charge in [-0.3, -0.25) is 4.79 Å². The van der Waals surface area contributed by atoms with Gasteiger partial charge in [0.1, 0.15) is 6.61 Å². The molecule has 20 heavy (non-hydrogen) atoms. The fourth-order valence-electron chi connectivity index (χ4n) is 1.25. The monoisotopic (exact) mass is 317 g/mol. The third-order valence-corrected chi connectivity index (χ3v) is 2.88. The smallest absolute Gasteiger partial charge is 0.329 e. The number of rotatable bonds is 7. The van der Waals surface area contributed by atoms with Gasteiger partial charge in [-0.2, -0.15) is 0 Å². The third kappa shape index (κ3) is 6.56. The predicted octanol–water partition coefficient (Wildman–Crippen LogP) is 2.22. The van der Waals surface area contributed by atoms with Gasteiger partial charge in [-0.1, -0.05) is 29.3 Å². The minimum Gasteiger partial charge on any atom is -0.480 e. The third-order valence-electron chi connectivity index (χ3n) is 2.14. The quantitative estimate of drug-likeness (QED) is 0.597. The highest BCUT2D eigenvalue weighted by molar-refractivity contribution is 6.42. The Hall–Kier alpha value is -1.56. The van der Waals surface area contributed by atoms with E-state index in [4.69, 9.17) is 33.0 Å². The van der Waals surface area contributed by atoms with E-state index in [1.54, 1.807) is 24.3 Å². The molecule has 0 aliphatic heterocycles. The van der Waals surface area contributed by atoms with E-state index in [1.807, 2.05) is 0 Å². The molecular weight excluding hydrogens is 305 g/mol. The maximum absolute atomic E-state index is 11.4. The predicted molar refractivity (Wildman–Crippen MR) is 77.0 cm³/mol. The zero-order valence-electron chi connectivity index (χ0n) is 10.4. The van der Waals surface area contributed by atoms with Crippen LogP contribution in [0.1, 0.15) is 5.56 Å². The first-order valence-electron chi connectivity index (χ1n) is 5.69. The van der Waals surface area contributed by atoms with Crippen LogP contribution in [0.5, 0.6) is 0 Å². The number of amides is 1. The van der Waals surface area contributed by atoms with Crippen molar-refractivity contribution in [2.75, 3.05) is 19.8 Å². The number of nitrogens with one attached hydrogen (secondary N) is 1. The van der Waals surface area contributed by atoms with Gasteiger partial charge in [-0.25, -0.2) is 4.79 Å². The molecule has 0 unspecified atom stereocenters. The lowest BCUT2D eigenvalue weighted by atomic mass is 10.2. The minimum absolute atomic E-state index is 0.138. The fraction of sp³-hybridized carbons (Fsp3) is 0.231. The summed E-state index contributed by atoms with van der Waals surface area (Å²) < 4.78 is 4.77. The molecule has 7 heteroatoms. The van der Waals surface area contributed by atoms with Crippen LogP contribution in [0.4, 0.5) is 0 Å². The van der Waals surface area contributed by atoms with Crippen LogP contribution in [0, 0.1) is 0 Å². The van der Waals surface area contributed by atoms with Crippen molar-refractivity contribution in [2.24, 2.45) is 0 Å². The molecule has 5 nitrogen and oxygen atoms in total. The Morgan fingerprint density at radius 1 is 1.30 bits per heavy atom. The molecule has 108 valence electrons. The Labute approximate surface area is 126 Å². The maximum atomic E-state index is 11.4. The van der Waals surface area contributed by atoms with Gasteiger partial charge in [-0.05, 0) is 23.8 Å². The van der Waals surface area contributed by atoms with Crippen LogP contribution in [0.15, 0.2) is 24.3 Å². The Bertz CT molecular complexity index is 517. The normalized spacial score (nSPS) is 10.7. The van der Waals surface area contributed by atoms with Gasteiger partial charge in [0.05, 0.1) is 16.7 Å². The second-order valence-corrected chi connectivity index (χ2v) is 4.56. The molecule has 0 aliphatic carbocycles. The molecule has 0 fully saturated rings. The average molecular weight is 318 g/mol. The van der Waals surface area contributed by atoms with Crippen LogP contribution < -0.4 is 5.32 Å². The lowest BCUT2D eigenvalue weighted by molar-refractivity contribution is -0.142. The van der Waals surface area contributed by atoms with E-state index < -0.39 is 5.97 Å². The SMILES string of the molecule is O=C(O)COCCNC(=O)C=Cc1ccc(Cl)c(Cl)c1. The van der Waals surface area contributed by atoms with E-state index in [-0.39, 0.29) is 25.7 Å². The van der Waals surface area contributed by atoms with Crippen molar-refractivity contribution in [1.82, 2.24) is 5.32 Å². The van der Waals surface area contributed by atoms with Crippen LogP contribution in [-0.2, 0) is 14.3 Å². The number of halogens is 2. The summed E-state index contributed by atoms with van der Waals surface area (Å²) in [6.07, 6.45) is 2.94. The number of hydrogen-bond donors (Lipinski definition) is 2. The number of carbonyl (C=O) groups is 2. The van der Waals surface area contributed by atoms with E-state index in [1.165, 1.54) is 6.08 Å². The van der Waals surface area contributed by atoms with Gasteiger partial charge in [0.2, 0.25) is 5.91 Å². The number of aliphatic carboxylic acids is 1. The highest BCUT2D eigenvalue weighted by atomic mass is 35.5. The molecular formula is C13H13Cl2NO4. The van der Waals surface area contributed by atoms with Gasteiger partial charge < -0.3 is 15.2 Å². The molecule has 1 aromatic rings. The van der Waals surface area contributed by atoms with Crippen LogP contribution in [-0.4, -0.2) is 36.7 Å². The van der Waals surface area contributed by atoms with Gasteiger partial charge in [-0.15, -0.1) is 0 Å². The molecule has 1 aromatic carbocycles. The molecule has 0 spiro atoms. The maximum Gasteiger partial charge on any atom is 0.329 e. The number of benzene rings is 1. The van der Waals surface area contributed by atoms with Crippen molar-refractivity contribution in [3.8, 4) is 0 Å². The molecule has 0 aromatic heterocycles. The minimum atomic E-state index is -1.05. The van der Waals surface area contributed by atoms with E-state index in [2.05, 4.69) is 5.32 Å². The average Bonchev–Trinajstić information content (AvgIpc) is 2.39. The van der Waals surface area contributed by atoms with Crippen LogP contribution in [0.25, 0.3) is 6.08 Å². The summed E-state index contributed by atoms with van der Waals surface area (Å²) in [4.78, 5) is 21.6. The Morgan fingerprint density at radius 2 is 2.05 bits per heavy atom. The van der Waals surface area contributed by atoms with E-state index in [0.717, 1.165) is 5.56 Å². The first-order valence-corrected chi connectivity index (χ1v) is 6.45. The molecule has 2 N–H and O–H groups in total. The van der Waals surface area contributed by atoms with Crippen LogP contribution in [0.2, 0.25) is 10.0 Å². The number of hydrogen-bond acceptors (Lipinski definition) is 3. The summed E-state index contributed by atoms with van der Waals surface area (Å²) >= 11 is 11.6. The van der Waals surface area contributed by atoms with Gasteiger partial charge >= 0.3 is 5.97 Å². The second-order valence-electron chi connectivity index (χ2n) is 3.74. The first kappa shape index (κ1) is 16.5. The topological polar surface area (TPSA) is 75.6 Å². The Balaban J connectivity index is 2.32. The van der Waals surface area contributed by atoms with Gasteiger partial charge in [0.25, 0.3) is 0 Å². The summed E-state index contributed by atoms with van der Waals surface area (Å²) in [5, 5.41) is 11.7. The van der Waals surface area contributed by atoms with E-state index in [9.17, 15) is 9.59 Å². The van der Waals surface area contributed by atoms with Crippen molar-refractivity contribution in [1.29, 1.82) is 0 Å². The van der Waals surface area contributed by atoms with Crippen molar-refractivity contribution in [2.45, 2.75) is 0 Å². The van der Waals surface area contributed by atoms with Crippen LogP contribution >= 0.6 is 23.2 Å². The molecule has 0 saturated heterocycles. The number of carboxylic acid groups (broad SMARTS) is 1. The summed E-state index contributed by atoms with van der Waals surface area (Å²) in [5.74, 6) is -1.36. The van der Waals surface area contributed by atoms with Crippen molar-refractivity contribution in [3.05, 3.63) is 39.9 Å². The van der Waals surface area contributed by atoms with E-state index in [0.29, 0.717) is 10.0 Å². The van der Waals surface area contributed by atoms with Crippen molar-refractivity contribution < 1.29 is 19.4 Å². The first-order chi connectivity index (χ1) is 9.49. The summed E-state index contributed by atoms with van der Waals surface area (Å²) in [5.41, 5.74) is 0.747. The molecule has 0 atom stereocenters. The zero-order valence-corrected chi connectivity index (χ0v) is 11.9. The van der Waals surface area contributed by atoms with Gasteiger partial charge in [0.15, 0.2) is 0 Å². The molecule has 0 bridgehead atoms. The van der Waals surface area contributed by atoms with Crippen LogP contribution in [0.3, 0.4) is 0 Å². The lowest BCUT2D eigenvalue weighted by Crippen LogP contribution is -2.26. The van der Waals surface area contributed by atoms with Crippen molar-refractivity contribution >= 4 is 41.2 Å². The number of ether oxygens (including phenoxy) is 1. The molecule has 0 radical (unpaired) electrons. The number of carboxylic acids is 1. The standard InChI is InChI=1S/C13H13Cl2NO4/c14-10-3-1-9(7-11(10)15)2-4-12(17)16-5-6-20-8-13(18)19/h1-4,7H,5-6,8H2,(H,16,17)(H,18,19). The Morgan fingerprint density at radius 3 is 2.70 bits per heavy atom. The fourth-order valence-corrected chi connectivity index (χ4v) is 1.56. The lowest BCUT2D eigenvalue weighted by Gasteiger charge is -2.02. The largest absolute Gasteiger partial charge is 0.480 e. The van der Waals surface area contributed by atoms with Gasteiger partial charge in [0, 0.05) is 12.6 Å². The zero-order chi connectivity index (χ0) is 15.0. The molecule has 1 amide bonds. The highest BCUT2D eigenvalue weighted by Crippen LogP contribution is 2.22. The highest BCUT2D eigenvalue weighted by Gasteiger charge is 1.99. The summed E-state index contributed by atoms with van der Waals surface area (Å²) in [6, 6.07) is 5.01. The van der Waals surface area contributed by atoms with E-state index >= 15 is 0 Å². The number of carbonyl (C=O) groups excluding carboxylic acids is 1. The second kappa shape index (κ2) is 8.58. The Kier molecular flexibility index (Phi) is 7.08. The van der Waals surface area contributed by atoms with Crippen molar-refractivity contribution in [3.63, 3.8) is 0 Å². The molecule has 0 aliphatic rings. The molecule has 0 saturated carbocycles. The molecule has 1 rings (SSSR count). The molecule has 0 heterocycles.